The van der Waals surface area contributed by atoms with Crippen molar-refractivity contribution in [3.05, 3.63) is 168 Å². The van der Waals surface area contributed by atoms with E-state index in [1.54, 1.807) is 0 Å². The minimum Gasteiger partial charge on any atom is -0.456 e. The summed E-state index contributed by atoms with van der Waals surface area (Å²) in [6.45, 7) is 0. The predicted octanol–water partition coefficient (Wildman–Crippen LogP) is 10.4. The molecule has 1 aliphatic rings. The molecule has 2 heterocycles. The first-order valence-corrected chi connectivity index (χ1v) is 16.3. The van der Waals surface area contributed by atoms with Crippen LogP contribution in [0.4, 0.5) is 0 Å². The predicted molar refractivity (Wildman–Crippen MR) is 194 cm³/mol. The Kier molecular flexibility index (Phi) is 5.96. The lowest BCUT2D eigenvalue weighted by molar-refractivity contribution is 0.205. The molecule has 0 saturated carbocycles. The number of rotatable bonds is 3. The number of furan rings is 1. The zero-order chi connectivity index (χ0) is 30.9. The number of hydrogen-bond donors (Lipinski definition) is 3. The highest BCUT2D eigenvalue weighted by Gasteiger charge is 2.32. The van der Waals surface area contributed by atoms with Gasteiger partial charge in [0.2, 0.25) is 0 Å². The molecular weight excluding hydrogens is 574 g/mol. The Morgan fingerprint density at radius 1 is 0.362 bits per heavy atom. The molecule has 0 bridgehead atoms. The van der Waals surface area contributed by atoms with Crippen LogP contribution >= 0.6 is 0 Å². The molecule has 0 radical (unpaired) electrons. The summed E-state index contributed by atoms with van der Waals surface area (Å²) in [5, 5.41) is 24.2. The van der Waals surface area contributed by atoms with Crippen molar-refractivity contribution in [1.82, 2.24) is 16.0 Å². The van der Waals surface area contributed by atoms with Crippen LogP contribution in [0.1, 0.15) is 35.2 Å². The molecular formula is C43H31N3O. The first kappa shape index (κ1) is 26.7. The highest BCUT2D eigenvalue weighted by atomic mass is 16.3. The fourth-order valence-corrected chi connectivity index (χ4v) is 7.76. The van der Waals surface area contributed by atoms with Gasteiger partial charge in [-0.25, -0.2) is 0 Å². The maximum Gasteiger partial charge on any atom is 0.135 e. The van der Waals surface area contributed by atoms with Crippen molar-refractivity contribution in [3.8, 4) is 0 Å². The number of fused-ring (bicyclic) bond motifs is 9. The third kappa shape index (κ3) is 4.27. The van der Waals surface area contributed by atoms with Gasteiger partial charge < -0.3 is 4.42 Å². The Morgan fingerprint density at radius 2 is 0.936 bits per heavy atom. The minimum absolute atomic E-state index is 0.107. The minimum atomic E-state index is -0.151. The third-order valence-corrected chi connectivity index (χ3v) is 9.98. The van der Waals surface area contributed by atoms with Gasteiger partial charge in [0.1, 0.15) is 11.2 Å². The van der Waals surface area contributed by atoms with Crippen molar-refractivity contribution in [1.29, 1.82) is 0 Å². The highest BCUT2D eigenvalue weighted by Crippen LogP contribution is 2.39. The molecule has 3 unspecified atom stereocenters. The first-order chi connectivity index (χ1) is 23.3. The second kappa shape index (κ2) is 10.5. The maximum atomic E-state index is 6.31. The van der Waals surface area contributed by atoms with E-state index in [1.807, 2.05) is 12.1 Å². The molecule has 3 N–H and O–H groups in total. The van der Waals surface area contributed by atoms with Crippen molar-refractivity contribution in [2.45, 2.75) is 18.5 Å². The molecule has 3 atom stereocenters. The Balaban J connectivity index is 1.15. The first-order valence-electron chi connectivity index (χ1n) is 16.3. The molecule has 224 valence electrons. The summed E-state index contributed by atoms with van der Waals surface area (Å²) in [6.07, 6.45) is -0.390. The van der Waals surface area contributed by atoms with Crippen LogP contribution in [0.2, 0.25) is 0 Å². The Bertz CT molecular complexity index is 2660. The van der Waals surface area contributed by atoms with Crippen molar-refractivity contribution >= 4 is 65.0 Å². The van der Waals surface area contributed by atoms with Crippen LogP contribution in [0.25, 0.3) is 65.0 Å². The van der Waals surface area contributed by atoms with E-state index in [-0.39, 0.29) is 18.5 Å². The Labute approximate surface area is 271 Å². The normalized spacial score (nSPS) is 18.6. The van der Waals surface area contributed by atoms with Gasteiger partial charge in [0.15, 0.2) is 0 Å². The van der Waals surface area contributed by atoms with Gasteiger partial charge in [-0.1, -0.05) is 133 Å². The molecule has 1 saturated heterocycles. The Hall–Kier alpha value is -5.52. The lowest BCUT2D eigenvalue weighted by atomic mass is 9.93. The van der Waals surface area contributed by atoms with Crippen LogP contribution < -0.4 is 16.0 Å². The third-order valence-electron chi connectivity index (χ3n) is 9.98. The van der Waals surface area contributed by atoms with Gasteiger partial charge in [0.05, 0.1) is 18.5 Å². The van der Waals surface area contributed by atoms with Crippen LogP contribution in [0, 0.1) is 0 Å². The molecule has 4 heteroatoms. The summed E-state index contributed by atoms with van der Waals surface area (Å²) in [4.78, 5) is 0. The fraction of sp³-hybridized carbons (Fsp3) is 0.0698. The summed E-state index contributed by atoms with van der Waals surface area (Å²) in [7, 11) is 0. The summed E-state index contributed by atoms with van der Waals surface area (Å²) < 4.78 is 6.31. The van der Waals surface area contributed by atoms with E-state index < -0.39 is 0 Å². The summed E-state index contributed by atoms with van der Waals surface area (Å²) in [5.74, 6) is 0. The average Bonchev–Trinajstić information content (AvgIpc) is 3.53. The van der Waals surface area contributed by atoms with E-state index >= 15 is 0 Å². The van der Waals surface area contributed by atoms with Gasteiger partial charge in [-0.3, -0.25) is 16.0 Å². The van der Waals surface area contributed by atoms with Crippen LogP contribution in [0.15, 0.2) is 156 Å². The molecule has 47 heavy (non-hydrogen) atoms. The van der Waals surface area contributed by atoms with Gasteiger partial charge in [0.25, 0.3) is 0 Å². The number of hydrogen-bond acceptors (Lipinski definition) is 4. The van der Waals surface area contributed by atoms with Gasteiger partial charge >= 0.3 is 0 Å². The van der Waals surface area contributed by atoms with E-state index in [4.69, 9.17) is 4.42 Å². The van der Waals surface area contributed by atoms with Gasteiger partial charge in [0, 0.05) is 10.8 Å². The molecule has 0 spiro atoms. The molecule has 1 aliphatic heterocycles. The number of benzene rings is 8. The molecule has 0 amide bonds. The number of para-hydroxylation sites is 1. The fourth-order valence-electron chi connectivity index (χ4n) is 7.76. The monoisotopic (exact) mass is 605 g/mol. The van der Waals surface area contributed by atoms with Crippen molar-refractivity contribution in [2.75, 3.05) is 0 Å². The van der Waals surface area contributed by atoms with Crippen LogP contribution in [-0.2, 0) is 0 Å². The molecule has 1 fully saturated rings. The van der Waals surface area contributed by atoms with E-state index in [9.17, 15) is 0 Å². The molecule has 9 aromatic rings. The average molecular weight is 606 g/mol. The summed E-state index contributed by atoms with van der Waals surface area (Å²) in [5.41, 5.74) is 5.39. The molecule has 4 nitrogen and oxygen atoms in total. The maximum absolute atomic E-state index is 6.31. The van der Waals surface area contributed by atoms with Gasteiger partial charge in [-0.2, -0.15) is 0 Å². The van der Waals surface area contributed by atoms with Crippen LogP contribution in [0.3, 0.4) is 0 Å². The largest absolute Gasteiger partial charge is 0.456 e. The summed E-state index contributed by atoms with van der Waals surface area (Å²) in [6, 6.07) is 54.5. The lowest BCUT2D eigenvalue weighted by Gasteiger charge is -2.40. The van der Waals surface area contributed by atoms with Crippen LogP contribution in [-0.4, -0.2) is 0 Å². The molecule has 0 aliphatic carbocycles. The molecule has 10 rings (SSSR count). The standard InChI is InChI=1S/C43H31N3O/c1-2-11-28-25-29(20-19-26(28)9-1)41-44-42(46-43(45-41)37-16-8-18-39-40(37)36-13-5-6-17-38(36)47-39)35-15-7-14-31-33-22-21-27-10-3-4-12-30(27)32(33)23-24-34(31)35/h1-25,41-46H. The topological polar surface area (TPSA) is 49.2 Å². The summed E-state index contributed by atoms with van der Waals surface area (Å²) >= 11 is 0. The zero-order valence-electron chi connectivity index (χ0n) is 25.6. The Morgan fingerprint density at radius 3 is 1.85 bits per heavy atom. The number of nitrogens with one attached hydrogen (secondary N) is 3. The highest BCUT2D eigenvalue weighted by molar-refractivity contribution is 6.17. The second-order valence-corrected chi connectivity index (χ2v) is 12.6. The second-order valence-electron chi connectivity index (χ2n) is 12.6. The molecule has 1 aromatic heterocycles. The lowest BCUT2D eigenvalue weighted by Crippen LogP contribution is -2.54. The zero-order valence-corrected chi connectivity index (χ0v) is 25.6. The van der Waals surface area contributed by atoms with Crippen molar-refractivity contribution < 1.29 is 4.42 Å². The van der Waals surface area contributed by atoms with E-state index in [1.165, 1.54) is 59.8 Å². The molecule has 8 aromatic carbocycles. The quantitative estimate of drug-likeness (QED) is 0.175. The van der Waals surface area contributed by atoms with Gasteiger partial charge in [-0.05, 0) is 78.0 Å². The van der Waals surface area contributed by atoms with Crippen LogP contribution in [0.5, 0.6) is 0 Å². The van der Waals surface area contributed by atoms with Crippen molar-refractivity contribution in [3.63, 3.8) is 0 Å². The SMILES string of the molecule is c1ccc2cc(C3NC(c4cccc5c4ccc4c6ccccc6ccc54)NC(c4cccc5oc6ccccc6c45)N3)ccc2c1. The van der Waals surface area contributed by atoms with Crippen molar-refractivity contribution in [2.24, 2.45) is 0 Å². The van der Waals surface area contributed by atoms with E-state index in [2.05, 4.69) is 155 Å². The van der Waals surface area contributed by atoms with E-state index in [0.29, 0.717) is 0 Å². The van der Waals surface area contributed by atoms with E-state index in [0.717, 1.165) is 21.9 Å². The van der Waals surface area contributed by atoms with Gasteiger partial charge in [-0.15, -0.1) is 0 Å². The smallest absolute Gasteiger partial charge is 0.135 e.